The van der Waals surface area contributed by atoms with E-state index in [0.717, 1.165) is 11.6 Å². The molecule has 0 fully saturated rings. The number of aryl methyl sites for hydroxylation is 1. The Kier molecular flexibility index (Phi) is 4.23. The van der Waals surface area contributed by atoms with Crippen molar-refractivity contribution >= 4 is 0 Å². The molecule has 112 valence electrons. The average molecular weight is 296 g/mol. The number of aliphatic hydroxyl groups is 1. The van der Waals surface area contributed by atoms with Crippen molar-refractivity contribution < 1.29 is 23.0 Å². The maximum Gasteiger partial charge on any atom is 0.416 e. The molecule has 0 radical (unpaired) electrons. The zero-order valence-electron chi connectivity index (χ0n) is 11.6. The third-order valence-electron chi connectivity index (χ3n) is 3.24. The lowest BCUT2D eigenvalue weighted by Gasteiger charge is -2.20. The fraction of sp³-hybridized carbons (Fsp3) is 0.250. The van der Waals surface area contributed by atoms with Gasteiger partial charge in [0.1, 0.15) is 11.9 Å². The lowest BCUT2D eigenvalue weighted by atomic mass is 9.95. The Morgan fingerprint density at radius 1 is 1.05 bits per heavy atom. The van der Waals surface area contributed by atoms with Crippen molar-refractivity contribution in [3.05, 3.63) is 64.7 Å². The first-order valence-electron chi connectivity index (χ1n) is 6.33. The number of methoxy groups -OCH3 is 1. The number of hydrogen-bond acceptors (Lipinski definition) is 2. The number of alkyl halides is 3. The van der Waals surface area contributed by atoms with Gasteiger partial charge in [-0.05, 0) is 30.7 Å². The zero-order valence-corrected chi connectivity index (χ0v) is 11.6. The van der Waals surface area contributed by atoms with Gasteiger partial charge in [-0.15, -0.1) is 0 Å². The van der Waals surface area contributed by atoms with Gasteiger partial charge in [-0.2, -0.15) is 13.2 Å². The van der Waals surface area contributed by atoms with Crippen LogP contribution in [0, 0.1) is 6.92 Å². The van der Waals surface area contributed by atoms with Crippen LogP contribution >= 0.6 is 0 Å². The molecule has 0 saturated carbocycles. The van der Waals surface area contributed by atoms with Crippen LogP contribution in [0.15, 0.2) is 42.5 Å². The summed E-state index contributed by atoms with van der Waals surface area (Å²) in [6, 6.07) is 10.0. The van der Waals surface area contributed by atoms with Gasteiger partial charge >= 0.3 is 6.18 Å². The summed E-state index contributed by atoms with van der Waals surface area (Å²) in [5.41, 5.74) is 0.110. The van der Waals surface area contributed by atoms with Crippen molar-refractivity contribution in [2.24, 2.45) is 0 Å². The summed E-state index contributed by atoms with van der Waals surface area (Å²) in [5, 5.41) is 10.4. The Morgan fingerprint density at radius 3 is 2.33 bits per heavy atom. The van der Waals surface area contributed by atoms with Gasteiger partial charge in [0, 0.05) is 5.56 Å². The van der Waals surface area contributed by atoms with E-state index >= 15 is 0 Å². The molecule has 0 heterocycles. The SMILES string of the molecule is COc1ccc(C)cc1C(O)c1ccccc1C(F)(F)F. The van der Waals surface area contributed by atoms with Crippen LogP contribution in [-0.4, -0.2) is 12.2 Å². The number of ether oxygens (including phenoxy) is 1. The van der Waals surface area contributed by atoms with Crippen LogP contribution in [0.4, 0.5) is 13.2 Å². The first kappa shape index (κ1) is 15.4. The molecule has 0 amide bonds. The van der Waals surface area contributed by atoms with Gasteiger partial charge in [0.25, 0.3) is 0 Å². The van der Waals surface area contributed by atoms with Crippen LogP contribution in [0.5, 0.6) is 5.75 Å². The second-order valence-electron chi connectivity index (χ2n) is 4.73. The van der Waals surface area contributed by atoms with Crippen LogP contribution in [0.3, 0.4) is 0 Å². The van der Waals surface area contributed by atoms with E-state index in [0.29, 0.717) is 11.3 Å². The fourth-order valence-electron chi connectivity index (χ4n) is 2.23. The van der Waals surface area contributed by atoms with Gasteiger partial charge in [0.15, 0.2) is 0 Å². The van der Waals surface area contributed by atoms with E-state index in [-0.39, 0.29) is 5.56 Å². The molecule has 2 nitrogen and oxygen atoms in total. The smallest absolute Gasteiger partial charge is 0.416 e. The minimum atomic E-state index is -4.52. The first-order chi connectivity index (χ1) is 9.84. The molecule has 0 aliphatic carbocycles. The highest BCUT2D eigenvalue weighted by Crippen LogP contribution is 2.38. The molecule has 1 unspecified atom stereocenters. The van der Waals surface area contributed by atoms with Crippen molar-refractivity contribution in [1.29, 1.82) is 0 Å². The Morgan fingerprint density at radius 2 is 1.71 bits per heavy atom. The van der Waals surface area contributed by atoms with Crippen molar-refractivity contribution in [1.82, 2.24) is 0 Å². The summed E-state index contributed by atoms with van der Waals surface area (Å²) >= 11 is 0. The first-order valence-corrected chi connectivity index (χ1v) is 6.33. The van der Waals surface area contributed by atoms with Gasteiger partial charge in [-0.25, -0.2) is 0 Å². The van der Waals surface area contributed by atoms with Crippen LogP contribution in [-0.2, 0) is 6.18 Å². The van der Waals surface area contributed by atoms with Crippen LogP contribution in [0.25, 0.3) is 0 Å². The van der Waals surface area contributed by atoms with Crippen molar-refractivity contribution in [2.75, 3.05) is 7.11 Å². The number of benzene rings is 2. The van der Waals surface area contributed by atoms with Crippen LogP contribution in [0.2, 0.25) is 0 Å². The number of aliphatic hydroxyl groups excluding tert-OH is 1. The Labute approximate surface area is 120 Å². The van der Waals surface area contributed by atoms with E-state index in [4.69, 9.17) is 4.74 Å². The predicted molar refractivity (Wildman–Crippen MR) is 73.2 cm³/mol. The Bertz CT molecular complexity index is 636. The lowest BCUT2D eigenvalue weighted by Crippen LogP contribution is -2.13. The molecule has 2 rings (SSSR count). The van der Waals surface area contributed by atoms with E-state index in [1.165, 1.54) is 25.3 Å². The Hall–Kier alpha value is -2.01. The predicted octanol–water partition coefficient (Wildman–Crippen LogP) is 4.10. The van der Waals surface area contributed by atoms with E-state index in [1.807, 2.05) is 0 Å². The molecule has 0 aliphatic rings. The summed E-state index contributed by atoms with van der Waals surface area (Å²) < 4.78 is 44.3. The van der Waals surface area contributed by atoms with Gasteiger partial charge in [-0.3, -0.25) is 0 Å². The Balaban J connectivity index is 2.56. The number of halogens is 3. The van der Waals surface area contributed by atoms with Gasteiger partial charge < -0.3 is 9.84 Å². The van der Waals surface area contributed by atoms with Crippen molar-refractivity contribution in [3.8, 4) is 5.75 Å². The summed E-state index contributed by atoms with van der Waals surface area (Å²) in [6.45, 7) is 1.80. The summed E-state index contributed by atoms with van der Waals surface area (Å²) in [4.78, 5) is 0. The molecule has 2 aromatic rings. The van der Waals surface area contributed by atoms with E-state index in [1.54, 1.807) is 25.1 Å². The standard InChI is InChI=1S/C16H15F3O2/c1-10-7-8-14(21-2)12(9-10)15(20)11-5-3-4-6-13(11)16(17,18)19/h3-9,15,20H,1-2H3. The minimum Gasteiger partial charge on any atom is -0.496 e. The number of hydrogen-bond donors (Lipinski definition) is 1. The highest BCUT2D eigenvalue weighted by Gasteiger charge is 2.35. The second kappa shape index (κ2) is 5.77. The average Bonchev–Trinajstić information content (AvgIpc) is 2.45. The molecular formula is C16H15F3O2. The fourth-order valence-corrected chi connectivity index (χ4v) is 2.23. The van der Waals surface area contributed by atoms with Gasteiger partial charge in [0.2, 0.25) is 0 Å². The quantitative estimate of drug-likeness (QED) is 0.924. The number of rotatable bonds is 3. The van der Waals surface area contributed by atoms with E-state index < -0.39 is 17.8 Å². The molecule has 0 bridgehead atoms. The van der Waals surface area contributed by atoms with Crippen LogP contribution in [0.1, 0.15) is 28.4 Å². The van der Waals surface area contributed by atoms with E-state index in [9.17, 15) is 18.3 Å². The molecule has 0 aliphatic heterocycles. The molecule has 2 aromatic carbocycles. The second-order valence-corrected chi connectivity index (χ2v) is 4.73. The maximum absolute atomic E-state index is 13.0. The monoisotopic (exact) mass is 296 g/mol. The van der Waals surface area contributed by atoms with Crippen molar-refractivity contribution in [3.63, 3.8) is 0 Å². The molecule has 1 atom stereocenters. The molecule has 0 spiro atoms. The van der Waals surface area contributed by atoms with Crippen molar-refractivity contribution in [2.45, 2.75) is 19.2 Å². The molecule has 0 aromatic heterocycles. The summed E-state index contributed by atoms with van der Waals surface area (Å²) in [5.74, 6) is 0.352. The topological polar surface area (TPSA) is 29.5 Å². The third-order valence-corrected chi connectivity index (χ3v) is 3.24. The molecule has 0 saturated heterocycles. The highest BCUT2D eigenvalue weighted by atomic mass is 19.4. The molecule has 5 heteroatoms. The third kappa shape index (κ3) is 3.19. The van der Waals surface area contributed by atoms with Gasteiger partial charge in [0.05, 0.1) is 12.7 Å². The molecule has 21 heavy (non-hydrogen) atoms. The van der Waals surface area contributed by atoms with E-state index in [2.05, 4.69) is 0 Å². The summed E-state index contributed by atoms with van der Waals surface area (Å²) in [7, 11) is 1.41. The van der Waals surface area contributed by atoms with Crippen LogP contribution < -0.4 is 4.74 Å². The lowest BCUT2D eigenvalue weighted by molar-refractivity contribution is -0.139. The highest BCUT2D eigenvalue weighted by molar-refractivity contribution is 5.45. The molecular weight excluding hydrogens is 281 g/mol. The minimum absolute atomic E-state index is 0.186. The molecule has 1 N–H and O–H groups in total. The maximum atomic E-state index is 13.0. The largest absolute Gasteiger partial charge is 0.496 e. The zero-order chi connectivity index (χ0) is 15.6. The summed E-state index contributed by atoms with van der Waals surface area (Å²) in [6.07, 6.45) is -5.92. The van der Waals surface area contributed by atoms with Gasteiger partial charge in [-0.1, -0.05) is 29.8 Å². The normalized spacial score (nSPS) is 13.0.